The van der Waals surface area contributed by atoms with Crippen LogP contribution in [0.15, 0.2) is 47.3 Å². The molecule has 168 valence electrons. The highest BCUT2D eigenvalue weighted by Crippen LogP contribution is 2.21. The van der Waals surface area contributed by atoms with Crippen molar-refractivity contribution in [1.29, 1.82) is 0 Å². The SMILES string of the molecule is CCCn1c(=O)c(N2CCN(C(=O)COc3cccc(C)c3C)CC2)nc2ccccc21. The van der Waals surface area contributed by atoms with Gasteiger partial charge in [0.1, 0.15) is 5.75 Å². The van der Waals surface area contributed by atoms with Gasteiger partial charge >= 0.3 is 0 Å². The third-order valence-corrected chi connectivity index (χ3v) is 6.12. The third kappa shape index (κ3) is 4.33. The van der Waals surface area contributed by atoms with E-state index in [4.69, 9.17) is 4.74 Å². The van der Waals surface area contributed by atoms with E-state index in [1.165, 1.54) is 0 Å². The molecule has 0 N–H and O–H groups in total. The normalized spacial score (nSPS) is 14.1. The summed E-state index contributed by atoms with van der Waals surface area (Å²) >= 11 is 0. The fourth-order valence-corrected chi connectivity index (χ4v) is 4.11. The summed E-state index contributed by atoms with van der Waals surface area (Å²) in [6.07, 6.45) is 0.871. The van der Waals surface area contributed by atoms with Gasteiger partial charge in [0.05, 0.1) is 11.0 Å². The second-order valence-corrected chi connectivity index (χ2v) is 8.24. The molecule has 0 radical (unpaired) electrons. The Kier molecular flexibility index (Phi) is 6.44. The van der Waals surface area contributed by atoms with Gasteiger partial charge in [0.15, 0.2) is 12.4 Å². The molecule has 1 saturated heterocycles. The molecule has 2 aromatic carbocycles. The number of nitrogens with zero attached hydrogens (tertiary/aromatic N) is 4. The maximum Gasteiger partial charge on any atom is 0.294 e. The van der Waals surface area contributed by atoms with Gasteiger partial charge < -0.3 is 19.1 Å². The van der Waals surface area contributed by atoms with Gasteiger partial charge in [-0.2, -0.15) is 0 Å². The summed E-state index contributed by atoms with van der Waals surface area (Å²) < 4.78 is 7.60. The zero-order valence-corrected chi connectivity index (χ0v) is 19.0. The van der Waals surface area contributed by atoms with E-state index >= 15 is 0 Å². The first kappa shape index (κ1) is 21.9. The lowest BCUT2D eigenvalue weighted by molar-refractivity contribution is -0.133. The minimum atomic E-state index is -0.0661. The molecule has 0 unspecified atom stereocenters. The van der Waals surface area contributed by atoms with Crippen molar-refractivity contribution in [2.24, 2.45) is 0 Å². The van der Waals surface area contributed by atoms with Crippen molar-refractivity contribution in [3.8, 4) is 5.75 Å². The average molecular weight is 435 g/mol. The Labute approximate surface area is 188 Å². The lowest BCUT2D eigenvalue weighted by atomic mass is 10.1. The minimum Gasteiger partial charge on any atom is -0.483 e. The number of aromatic nitrogens is 2. The quantitative estimate of drug-likeness (QED) is 0.596. The Balaban J connectivity index is 1.44. The number of carbonyl (C=O) groups excluding carboxylic acids is 1. The Morgan fingerprint density at radius 2 is 1.78 bits per heavy atom. The van der Waals surface area contributed by atoms with Crippen LogP contribution in [0.25, 0.3) is 11.0 Å². The fourth-order valence-electron chi connectivity index (χ4n) is 4.11. The number of benzene rings is 2. The zero-order chi connectivity index (χ0) is 22.7. The minimum absolute atomic E-state index is 0.0157. The van der Waals surface area contributed by atoms with Gasteiger partial charge in [-0.3, -0.25) is 9.59 Å². The molecule has 0 aliphatic carbocycles. The highest BCUT2D eigenvalue weighted by atomic mass is 16.5. The number of aryl methyl sites for hydroxylation is 2. The molecule has 1 aliphatic heterocycles. The molecule has 7 heteroatoms. The largest absolute Gasteiger partial charge is 0.483 e. The van der Waals surface area contributed by atoms with E-state index in [-0.39, 0.29) is 18.1 Å². The van der Waals surface area contributed by atoms with Crippen molar-refractivity contribution >= 4 is 22.8 Å². The lowest BCUT2D eigenvalue weighted by Gasteiger charge is -2.35. The smallest absolute Gasteiger partial charge is 0.294 e. The van der Waals surface area contributed by atoms with E-state index in [1.54, 1.807) is 4.90 Å². The molecule has 0 saturated carbocycles. The van der Waals surface area contributed by atoms with Crippen LogP contribution in [0.4, 0.5) is 5.82 Å². The van der Waals surface area contributed by atoms with Gasteiger partial charge in [-0.05, 0) is 49.6 Å². The van der Waals surface area contributed by atoms with Crippen LogP contribution < -0.4 is 15.2 Å². The maximum absolute atomic E-state index is 13.2. The van der Waals surface area contributed by atoms with E-state index < -0.39 is 0 Å². The summed E-state index contributed by atoms with van der Waals surface area (Å²) in [5, 5.41) is 0. The molecule has 2 heterocycles. The molecule has 0 bridgehead atoms. The summed E-state index contributed by atoms with van der Waals surface area (Å²) in [5.74, 6) is 1.17. The Hall–Kier alpha value is -3.35. The van der Waals surface area contributed by atoms with Gasteiger partial charge in [-0.15, -0.1) is 0 Å². The molecule has 3 aromatic rings. The molecule has 1 fully saturated rings. The van der Waals surface area contributed by atoms with Crippen molar-refractivity contribution in [3.05, 3.63) is 63.9 Å². The van der Waals surface area contributed by atoms with E-state index in [0.717, 1.165) is 34.3 Å². The van der Waals surface area contributed by atoms with Crippen molar-refractivity contribution in [1.82, 2.24) is 14.5 Å². The first-order chi connectivity index (χ1) is 15.5. The van der Waals surface area contributed by atoms with Crippen LogP contribution in [-0.2, 0) is 11.3 Å². The Morgan fingerprint density at radius 1 is 1.03 bits per heavy atom. The predicted octanol–water partition coefficient (Wildman–Crippen LogP) is 3.15. The average Bonchev–Trinajstić information content (AvgIpc) is 2.81. The highest BCUT2D eigenvalue weighted by molar-refractivity contribution is 5.78. The number of hydrogen-bond acceptors (Lipinski definition) is 5. The van der Waals surface area contributed by atoms with E-state index in [0.29, 0.717) is 38.5 Å². The van der Waals surface area contributed by atoms with Crippen molar-refractivity contribution in [2.75, 3.05) is 37.7 Å². The molecule has 1 amide bonds. The number of ether oxygens (including phenoxy) is 1. The molecule has 7 nitrogen and oxygen atoms in total. The maximum atomic E-state index is 13.2. The summed E-state index contributed by atoms with van der Waals surface area (Å²) in [5.41, 5.74) is 3.80. The summed E-state index contributed by atoms with van der Waals surface area (Å²) in [6.45, 7) is 8.97. The van der Waals surface area contributed by atoms with Crippen LogP contribution in [0, 0.1) is 13.8 Å². The topological polar surface area (TPSA) is 67.7 Å². The van der Waals surface area contributed by atoms with Crippen molar-refractivity contribution < 1.29 is 9.53 Å². The molecule has 32 heavy (non-hydrogen) atoms. The van der Waals surface area contributed by atoms with Crippen LogP contribution in [0.1, 0.15) is 24.5 Å². The molecule has 0 spiro atoms. The number of amides is 1. The monoisotopic (exact) mass is 434 g/mol. The summed E-state index contributed by atoms with van der Waals surface area (Å²) in [6, 6.07) is 13.6. The van der Waals surface area contributed by atoms with Crippen LogP contribution in [0.2, 0.25) is 0 Å². The van der Waals surface area contributed by atoms with Crippen molar-refractivity contribution in [2.45, 2.75) is 33.7 Å². The standard InChI is InChI=1S/C25H30N4O3/c1-4-12-29-21-10-6-5-9-20(21)26-24(25(29)31)28-15-13-27(14-16-28)23(30)17-32-22-11-7-8-18(2)19(22)3/h5-11H,4,12-17H2,1-3H3. The molecular formula is C25H30N4O3. The number of hydrogen-bond donors (Lipinski definition) is 0. The van der Waals surface area contributed by atoms with Gasteiger partial charge in [0, 0.05) is 32.7 Å². The molecule has 1 aromatic heterocycles. The van der Waals surface area contributed by atoms with Gasteiger partial charge in [-0.1, -0.05) is 31.2 Å². The number of para-hydroxylation sites is 2. The molecule has 1 aliphatic rings. The summed E-state index contributed by atoms with van der Waals surface area (Å²) in [7, 11) is 0. The second-order valence-electron chi connectivity index (χ2n) is 8.24. The third-order valence-electron chi connectivity index (χ3n) is 6.12. The first-order valence-electron chi connectivity index (χ1n) is 11.2. The molecular weight excluding hydrogens is 404 g/mol. The van der Waals surface area contributed by atoms with E-state index in [2.05, 4.69) is 11.9 Å². The van der Waals surface area contributed by atoms with Crippen molar-refractivity contribution in [3.63, 3.8) is 0 Å². The Bertz CT molecular complexity index is 1180. The van der Waals surface area contributed by atoms with Crippen LogP contribution in [-0.4, -0.2) is 53.1 Å². The van der Waals surface area contributed by atoms with Gasteiger partial charge in [0.2, 0.25) is 0 Å². The number of anilines is 1. The second kappa shape index (κ2) is 9.42. The Morgan fingerprint density at radius 3 is 2.53 bits per heavy atom. The van der Waals surface area contributed by atoms with Crippen LogP contribution >= 0.6 is 0 Å². The zero-order valence-electron chi connectivity index (χ0n) is 19.0. The molecule has 4 rings (SSSR count). The lowest BCUT2D eigenvalue weighted by Crippen LogP contribution is -2.51. The number of piperazine rings is 1. The fraction of sp³-hybridized carbons (Fsp3) is 0.400. The van der Waals surface area contributed by atoms with Crippen LogP contribution in [0.3, 0.4) is 0 Å². The van der Waals surface area contributed by atoms with E-state index in [9.17, 15) is 9.59 Å². The number of fused-ring (bicyclic) bond motifs is 1. The summed E-state index contributed by atoms with van der Waals surface area (Å²) in [4.78, 5) is 34.3. The van der Waals surface area contributed by atoms with Gasteiger partial charge in [-0.25, -0.2) is 4.98 Å². The first-order valence-corrected chi connectivity index (χ1v) is 11.2. The number of carbonyl (C=O) groups is 1. The number of rotatable bonds is 6. The van der Waals surface area contributed by atoms with Gasteiger partial charge in [0.25, 0.3) is 11.5 Å². The highest BCUT2D eigenvalue weighted by Gasteiger charge is 2.25. The molecule has 0 atom stereocenters. The van der Waals surface area contributed by atoms with E-state index in [1.807, 2.05) is 65.8 Å². The predicted molar refractivity (Wildman–Crippen MR) is 126 cm³/mol. The van der Waals surface area contributed by atoms with Crippen LogP contribution in [0.5, 0.6) is 5.75 Å².